The zero-order valence-electron chi connectivity index (χ0n) is 11.1. The van der Waals surface area contributed by atoms with Crippen LogP contribution in [0.15, 0.2) is 47.6 Å². The summed E-state index contributed by atoms with van der Waals surface area (Å²) in [5.41, 5.74) is 3.22. The Morgan fingerprint density at radius 3 is 2.95 bits per heavy atom. The van der Waals surface area contributed by atoms with E-state index in [1.54, 1.807) is 24.5 Å². The lowest BCUT2D eigenvalue weighted by molar-refractivity contribution is 0.0951. The normalized spacial score (nSPS) is 13.6. The highest BCUT2D eigenvalue weighted by Gasteiger charge is 2.10. The Balaban J connectivity index is 1.65. The second-order valence-corrected chi connectivity index (χ2v) is 5.95. The number of thioether (sulfide) groups is 1. The van der Waals surface area contributed by atoms with Gasteiger partial charge in [-0.2, -0.15) is 0 Å². The largest absolute Gasteiger partial charge is 0.348 e. The van der Waals surface area contributed by atoms with Gasteiger partial charge in [0, 0.05) is 29.4 Å². The molecule has 20 heavy (non-hydrogen) atoms. The van der Waals surface area contributed by atoms with Crippen molar-refractivity contribution in [1.29, 1.82) is 0 Å². The molecule has 0 aliphatic carbocycles. The number of fused-ring (bicyclic) bond motifs is 1. The van der Waals surface area contributed by atoms with Crippen molar-refractivity contribution in [3.05, 3.63) is 59.4 Å². The molecule has 0 saturated carbocycles. The second-order valence-electron chi connectivity index (χ2n) is 4.81. The molecule has 1 aromatic heterocycles. The van der Waals surface area contributed by atoms with E-state index < -0.39 is 0 Å². The minimum Gasteiger partial charge on any atom is -0.348 e. The molecular weight excluding hydrogens is 268 g/mol. The lowest BCUT2D eigenvalue weighted by atomic mass is 10.1. The van der Waals surface area contributed by atoms with Crippen LogP contribution < -0.4 is 5.32 Å². The van der Waals surface area contributed by atoms with E-state index in [0.717, 1.165) is 12.0 Å². The molecule has 1 aliphatic rings. The SMILES string of the molecule is O=C(NCc1ccc2c(c1)CCCS2)c1ccncc1. The number of rotatable bonds is 3. The second kappa shape index (κ2) is 6.09. The summed E-state index contributed by atoms with van der Waals surface area (Å²) >= 11 is 1.92. The number of carbonyl (C=O) groups is 1. The van der Waals surface area contributed by atoms with Crippen molar-refractivity contribution in [1.82, 2.24) is 10.3 Å². The van der Waals surface area contributed by atoms with E-state index >= 15 is 0 Å². The van der Waals surface area contributed by atoms with E-state index in [4.69, 9.17) is 0 Å². The molecule has 1 aliphatic heterocycles. The Hall–Kier alpha value is -1.81. The fraction of sp³-hybridized carbons (Fsp3) is 0.250. The quantitative estimate of drug-likeness (QED) is 0.942. The van der Waals surface area contributed by atoms with Gasteiger partial charge in [0.15, 0.2) is 0 Å². The predicted octanol–water partition coefficient (Wildman–Crippen LogP) is 3.05. The van der Waals surface area contributed by atoms with Gasteiger partial charge in [0.2, 0.25) is 0 Å². The Morgan fingerprint density at radius 2 is 2.10 bits per heavy atom. The molecule has 2 heterocycles. The number of aryl methyl sites for hydroxylation is 1. The van der Waals surface area contributed by atoms with Crippen LogP contribution in [-0.4, -0.2) is 16.6 Å². The molecule has 2 aromatic rings. The minimum atomic E-state index is -0.0560. The fourth-order valence-corrected chi connectivity index (χ4v) is 3.33. The summed E-state index contributed by atoms with van der Waals surface area (Å²) in [6.45, 7) is 0.569. The third-order valence-electron chi connectivity index (χ3n) is 3.37. The Labute approximate surface area is 122 Å². The van der Waals surface area contributed by atoms with Gasteiger partial charge >= 0.3 is 0 Å². The van der Waals surface area contributed by atoms with Gasteiger partial charge in [-0.1, -0.05) is 12.1 Å². The summed E-state index contributed by atoms with van der Waals surface area (Å²) in [5.74, 6) is 1.16. The molecule has 3 nitrogen and oxygen atoms in total. The number of pyridine rings is 1. The Morgan fingerprint density at radius 1 is 1.25 bits per heavy atom. The lowest BCUT2D eigenvalue weighted by Crippen LogP contribution is -2.22. The monoisotopic (exact) mass is 284 g/mol. The molecule has 0 fully saturated rings. The van der Waals surface area contributed by atoms with E-state index in [1.807, 2.05) is 11.8 Å². The van der Waals surface area contributed by atoms with Crippen LogP contribution in [0.25, 0.3) is 0 Å². The average molecular weight is 284 g/mol. The zero-order chi connectivity index (χ0) is 13.8. The van der Waals surface area contributed by atoms with Gasteiger partial charge in [0.25, 0.3) is 5.91 Å². The smallest absolute Gasteiger partial charge is 0.251 e. The van der Waals surface area contributed by atoms with Crippen LogP contribution in [0.2, 0.25) is 0 Å². The van der Waals surface area contributed by atoms with E-state index in [1.165, 1.54) is 22.6 Å². The first kappa shape index (κ1) is 13.2. The molecule has 1 N–H and O–H groups in total. The van der Waals surface area contributed by atoms with Crippen LogP contribution in [0.4, 0.5) is 0 Å². The topological polar surface area (TPSA) is 42.0 Å². The van der Waals surface area contributed by atoms with Crippen LogP contribution in [0, 0.1) is 0 Å². The molecule has 102 valence electrons. The van der Waals surface area contributed by atoms with Crippen molar-refractivity contribution in [2.75, 3.05) is 5.75 Å². The summed E-state index contributed by atoms with van der Waals surface area (Å²) in [4.78, 5) is 17.3. The van der Waals surface area contributed by atoms with Crippen LogP contribution >= 0.6 is 11.8 Å². The maximum absolute atomic E-state index is 12.0. The zero-order valence-corrected chi connectivity index (χ0v) is 12.0. The number of amides is 1. The van der Waals surface area contributed by atoms with Crippen LogP contribution in [0.1, 0.15) is 27.9 Å². The molecule has 1 amide bonds. The van der Waals surface area contributed by atoms with E-state index in [-0.39, 0.29) is 5.91 Å². The Bertz CT molecular complexity index is 613. The molecule has 3 rings (SSSR count). The molecular formula is C16H16N2OS. The first-order valence-electron chi connectivity index (χ1n) is 6.76. The summed E-state index contributed by atoms with van der Waals surface area (Å²) in [7, 11) is 0. The highest BCUT2D eigenvalue weighted by Crippen LogP contribution is 2.30. The summed E-state index contributed by atoms with van der Waals surface area (Å²) in [5, 5.41) is 2.95. The first-order valence-corrected chi connectivity index (χ1v) is 7.74. The van der Waals surface area contributed by atoms with Crippen molar-refractivity contribution in [2.45, 2.75) is 24.3 Å². The maximum atomic E-state index is 12.0. The Kier molecular flexibility index (Phi) is 4.02. The molecule has 0 saturated heterocycles. The van der Waals surface area contributed by atoms with Crippen LogP contribution in [0.3, 0.4) is 0 Å². The van der Waals surface area contributed by atoms with Crippen molar-refractivity contribution in [2.24, 2.45) is 0 Å². The lowest BCUT2D eigenvalue weighted by Gasteiger charge is -2.16. The van der Waals surface area contributed by atoms with Gasteiger partial charge in [0.05, 0.1) is 0 Å². The molecule has 0 unspecified atom stereocenters. The van der Waals surface area contributed by atoms with Crippen molar-refractivity contribution >= 4 is 17.7 Å². The summed E-state index contributed by atoms with van der Waals surface area (Å²) in [6, 6.07) is 9.93. The number of nitrogens with one attached hydrogen (secondary N) is 1. The van der Waals surface area contributed by atoms with Gasteiger partial charge < -0.3 is 5.32 Å². The number of hydrogen-bond donors (Lipinski definition) is 1. The standard InChI is InChI=1S/C16H16N2OS/c19-16(13-5-7-17-8-6-13)18-11-12-3-4-15-14(10-12)2-1-9-20-15/h3-8,10H,1-2,9,11H2,(H,18,19). The molecule has 1 aromatic carbocycles. The van der Waals surface area contributed by atoms with Crippen LogP contribution in [-0.2, 0) is 13.0 Å². The highest BCUT2D eigenvalue weighted by atomic mass is 32.2. The van der Waals surface area contributed by atoms with Gasteiger partial charge in [-0.3, -0.25) is 9.78 Å². The number of carbonyl (C=O) groups excluding carboxylic acids is 1. The van der Waals surface area contributed by atoms with Crippen molar-refractivity contribution in [3.63, 3.8) is 0 Å². The highest BCUT2D eigenvalue weighted by molar-refractivity contribution is 7.99. The fourth-order valence-electron chi connectivity index (χ4n) is 2.31. The number of benzene rings is 1. The molecule has 0 bridgehead atoms. The van der Waals surface area contributed by atoms with E-state index in [2.05, 4.69) is 28.5 Å². The molecule has 4 heteroatoms. The van der Waals surface area contributed by atoms with Crippen LogP contribution in [0.5, 0.6) is 0 Å². The average Bonchev–Trinajstić information content (AvgIpc) is 2.53. The summed E-state index contributed by atoms with van der Waals surface area (Å²) in [6.07, 6.45) is 5.65. The maximum Gasteiger partial charge on any atom is 0.251 e. The number of hydrogen-bond acceptors (Lipinski definition) is 3. The van der Waals surface area contributed by atoms with Gasteiger partial charge in [0.1, 0.15) is 0 Å². The first-order chi connectivity index (χ1) is 9.83. The molecule has 0 radical (unpaired) electrons. The van der Waals surface area contributed by atoms with Crippen molar-refractivity contribution in [3.8, 4) is 0 Å². The molecule has 0 atom stereocenters. The number of nitrogens with zero attached hydrogens (tertiary/aromatic N) is 1. The third-order valence-corrected chi connectivity index (χ3v) is 4.57. The van der Waals surface area contributed by atoms with Gasteiger partial charge in [-0.25, -0.2) is 0 Å². The predicted molar refractivity (Wildman–Crippen MR) is 80.9 cm³/mol. The van der Waals surface area contributed by atoms with E-state index in [0.29, 0.717) is 12.1 Å². The van der Waals surface area contributed by atoms with Crippen molar-refractivity contribution < 1.29 is 4.79 Å². The van der Waals surface area contributed by atoms with Gasteiger partial charge in [-0.05, 0) is 47.9 Å². The minimum absolute atomic E-state index is 0.0560. The van der Waals surface area contributed by atoms with Gasteiger partial charge in [-0.15, -0.1) is 11.8 Å². The number of aromatic nitrogens is 1. The molecule has 0 spiro atoms. The van der Waals surface area contributed by atoms with E-state index in [9.17, 15) is 4.79 Å². The third kappa shape index (κ3) is 3.02. The summed E-state index contributed by atoms with van der Waals surface area (Å²) < 4.78 is 0.